The van der Waals surface area contributed by atoms with Crippen molar-refractivity contribution >= 4 is 11.8 Å². The van der Waals surface area contributed by atoms with Crippen molar-refractivity contribution in [1.29, 1.82) is 0 Å². The van der Waals surface area contributed by atoms with Gasteiger partial charge in [0.2, 0.25) is 11.7 Å². The van der Waals surface area contributed by atoms with E-state index in [1.165, 1.54) is 27.8 Å². The highest BCUT2D eigenvalue weighted by molar-refractivity contribution is 5.97. The zero-order valence-electron chi connectivity index (χ0n) is 16.8. The van der Waals surface area contributed by atoms with Gasteiger partial charge in [0.25, 0.3) is 5.91 Å². The molecule has 28 heavy (non-hydrogen) atoms. The summed E-state index contributed by atoms with van der Waals surface area (Å²) >= 11 is 0. The number of ether oxygens (including phenoxy) is 3. The van der Waals surface area contributed by atoms with Crippen LogP contribution in [0.3, 0.4) is 0 Å². The summed E-state index contributed by atoms with van der Waals surface area (Å²) in [4.78, 5) is 29.6. The largest absolute Gasteiger partial charge is 0.493 e. The Morgan fingerprint density at radius 3 is 2.36 bits per heavy atom. The first kappa shape index (κ1) is 20.3. The van der Waals surface area contributed by atoms with Crippen molar-refractivity contribution in [3.05, 3.63) is 17.7 Å². The molecule has 154 valence electrons. The zero-order chi connectivity index (χ0) is 20.1. The molecule has 0 aromatic heterocycles. The Morgan fingerprint density at radius 1 is 1.04 bits per heavy atom. The summed E-state index contributed by atoms with van der Waals surface area (Å²) in [6, 6.07) is 3.60. The minimum Gasteiger partial charge on any atom is -0.493 e. The monoisotopic (exact) mass is 391 g/mol. The van der Waals surface area contributed by atoms with E-state index in [1.807, 2.05) is 4.90 Å². The lowest BCUT2D eigenvalue weighted by atomic mass is 10.1. The molecule has 0 spiro atoms. The maximum absolute atomic E-state index is 12.6. The van der Waals surface area contributed by atoms with Crippen LogP contribution in [0.15, 0.2) is 12.1 Å². The second-order valence-corrected chi connectivity index (χ2v) is 7.12. The molecule has 0 aliphatic carbocycles. The van der Waals surface area contributed by atoms with Crippen molar-refractivity contribution < 1.29 is 23.8 Å². The quantitative estimate of drug-likeness (QED) is 0.783. The molecule has 8 nitrogen and oxygen atoms in total. The van der Waals surface area contributed by atoms with Gasteiger partial charge in [-0.05, 0) is 37.9 Å². The molecule has 8 heteroatoms. The molecular weight excluding hydrogens is 362 g/mol. The minimum absolute atomic E-state index is 0.0256. The van der Waals surface area contributed by atoms with E-state index in [0.29, 0.717) is 28.9 Å². The van der Waals surface area contributed by atoms with Crippen molar-refractivity contribution in [1.82, 2.24) is 15.1 Å². The molecule has 2 saturated heterocycles. The Labute approximate surface area is 165 Å². The first-order valence-electron chi connectivity index (χ1n) is 9.67. The summed E-state index contributed by atoms with van der Waals surface area (Å²) in [6.45, 7) is 3.64. The van der Waals surface area contributed by atoms with Gasteiger partial charge in [0.1, 0.15) is 0 Å². The van der Waals surface area contributed by atoms with Gasteiger partial charge in [-0.25, -0.2) is 0 Å². The van der Waals surface area contributed by atoms with Crippen molar-refractivity contribution in [3.8, 4) is 17.2 Å². The Morgan fingerprint density at radius 2 is 1.71 bits per heavy atom. The smallest absolute Gasteiger partial charge is 0.251 e. The second kappa shape index (κ2) is 9.14. The SMILES string of the molecule is COc1cc(C(=O)NCC(=O)N2CCCN3CCCC3C2)cc(OC)c1OC. The highest BCUT2D eigenvalue weighted by Crippen LogP contribution is 2.38. The van der Waals surface area contributed by atoms with Gasteiger partial charge in [0.15, 0.2) is 11.5 Å². The standard InChI is InChI=1S/C20H29N3O5/c1-26-16-10-14(11-17(27-2)19(16)28-3)20(25)21-12-18(24)23-9-5-8-22-7-4-6-15(22)13-23/h10-11,15H,4-9,12-13H2,1-3H3,(H,21,25). The van der Waals surface area contributed by atoms with Gasteiger partial charge >= 0.3 is 0 Å². The molecule has 2 aliphatic heterocycles. The zero-order valence-corrected chi connectivity index (χ0v) is 16.8. The van der Waals surface area contributed by atoms with Crippen LogP contribution in [0.2, 0.25) is 0 Å². The van der Waals surface area contributed by atoms with Crippen LogP contribution < -0.4 is 19.5 Å². The van der Waals surface area contributed by atoms with Crippen molar-refractivity contribution in [2.75, 3.05) is 54.1 Å². The van der Waals surface area contributed by atoms with Gasteiger partial charge < -0.3 is 24.4 Å². The summed E-state index contributed by atoms with van der Waals surface area (Å²) in [6.07, 6.45) is 3.31. The van der Waals surface area contributed by atoms with Gasteiger partial charge in [0, 0.05) is 31.2 Å². The fourth-order valence-electron chi connectivity index (χ4n) is 4.02. The molecule has 1 unspecified atom stereocenters. The van der Waals surface area contributed by atoms with E-state index in [4.69, 9.17) is 14.2 Å². The number of hydrogen-bond acceptors (Lipinski definition) is 6. The number of hydrogen-bond donors (Lipinski definition) is 1. The number of fused-ring (bicyclic) bond motifs is 1. The van der Waals surface area contributed by atoms with Crippen molar-refractivity contribution in [2.24, 2.45) is 0 Å². The van der Waals surface area contributed by atoms with Crippen LogP contribution in [-0.2, 0) is 4.79 Å². The molecule has 1 atom stereocenters. The Hall–Kier alpha value is -2.48. The molecule has 3 rings (SSSR count). The lowest BCUT2D eigenvalue weighted by Gasteiger charge is -2.25. The molecule has 2 fully saturated rings. The Balaban J connectivity index is 1.62. The number of benzene rings is 1. The van der Waals surface area contributed by atoms with Crippen LogP contribution in [0, 0.1) is 0 Å². The maximum Gasteiger partial charge on any atom is 0.251 e. The molecule has 2 amide bonds. The predicted octanol–water partition coefficient (Wildman–Crippen LogP) is 1.14. The third-order valence-electron chi connectivity index (χ3n) is 5.48. The molecule has 0 saturated carbocycles. The van der Waals surface area contributed by atoms with Gasteiger partial charge in [-0.1, -0.05) is 0 Å². The lowest BCUT2D eigenvalue weighted by Crippen LogP contribution is -2.44. The number of carbonyl (C=O) groups is 2. The van der Waals surface area contributed by atoms with Crippen LogP contribution in [-0.4, -0.2) is 81.7 Å². The fraction of sp³-hybridized carbons (Fsp3) is 0.600. The van der Waals surface area contributed by atoms with Crippen molar-refractivity contribution in [2.45, 2.75) is 25.3 Å². The Kier molecular flexibility index (Phi) is 6.61. The Bertz CT molecular complexity index is 699. The average molecular weight is 391 g/mol. The highest BCUT2D eigenvalue weighted by Gasteiger charge is 2.30. The van der Waals surface area contributed by atoms with Crippen LogP contribution >= 0.6 is 0 Å². The van der Waals surface area contributed by atoms with Gasteiger partial charge in [-0.2, -0.15) is 0 Å². The van der Waals surface area contributed by atoms with E-state index in [2.05, 4.69) is 10.2 Å². The van der Waals surface area contributed by atoms with Crippen molar-refractivity contribution in [3.63, 3.8) is 0 Å². The fourth-order valence-corrected chi connectivity index (χ4v) is 4.02. The average Bonchev–Trinajstić information content (AvgIpc) is 3.06. The molecular formula is C20H29N3O5. The molecule has 2 heterocycles. The van der Waals surface area contributed by atoms with E-state index in [-0.39, 0.29) is 18.4 Å². The molecule has 1 N–H and O–H groups in total. The molecule has 2 aliphatic rings. The summed E-state index contributed by atoms with van der Waals surface area (Å²) in [5, 5.41) is 2.72. The second-order valence-electron chi connectivity index (χ2n) is 7.12. The minimum atomic E-state index is -0.357. The van der Waals surface area contributed by atoms with E-state index in [0.717, 1.165) is 39.0 Å². The van der Waals surface area contributed by atoms with Gasteiger partial charge in [-0.3, -0.25) is 14.5 Å². The summed E-state index contributed by atoms with van der Waals surface area (Å²) in [5.74, 6) is 0.808. The maximum atomic E-state index is 12.6. The summed E-state index contributed by atoms with van der Waals surface area (Å²) in [5.41, 5.74) is 0.347. The van der Waals surface area contributed by atoms with Crippen LogP contribution in [0.4, 0.5) is 0 Å². The number of nitrogens with one attached hydrogen (secondary N) is 1. The summed E-state index contributed by atoms with van der Waals surface area (Å²) in [7, 11) is 4.49. The van der Waals surface area contributed by atoms with Crippen LogP contribution in [0.5, 0.6) is 17.2 Å². The van der Waals surface area contributed by atoms with E-state index in [1.54, 1.807) is 12.1 Å². The normalized spacial score (nSPS) is 19.5. The van der Waals surface area contributed by atoms with E-state index < -0.39 is 0 Å². The first-order valence-corrected chi connectivity index (χ1v) is 9.67. The third-order valence-corrected chi connectivity index (χ3v) is 5.48. The highest BCUT2D eigenvalue weighted by atomic mass is 16.5. The topological polar surface area (TPSA) is 80.3 Å². The van der Waals surface area contributed by atoms with E-state index in [9.17, 15) is 9.59 Å². The van der Waals surface area contributed by atoms with Crippen LogP contribution in [0.1, 0.15) is 29.6 Å². The van der Waals surface area contributed by atoms with Gasteiger partial charge in [-0.15, -0.1) is 0 Å². The predicted molar refractivity (Wildman–Crippen MR) is 104 cm³/mol. The molecule has 0 bridgehead atoms. The first-order chi connectivity index (χ1) is 13.6. The number of nitrogens with zero attached hydrogens (tertiary/aromatic N) is 2. The molecule has 1 aromatic carbocycles. The summed E-state index contributed by atoms with van der Waals surface area (Å²) < 4.78 is 15.8. The number of amides is 2. The molecule has 1 aromatic rings. The molecule has 0 radical (unpaired) electrons. The van der Waals surface area contributed by atoms with Gasteiger partial charge in [0.05, 0.1) is 27.9 Å². The van der Waals surface area contributed by atoms with Crippen LogP contribution in [0.25, 0.3) is 0 Å². The van der Waals surface area contributed by atoms with E-state index >= 15 is 0 Å². The number of methoxy groups -OCH3 is 3. The lowest BCUT2D eigenvalue weighted by molar-refractivity contribution is -0.130. The number of carbonyl (C=O) groups excluding carboxylic acids is 2. The third kappa shape index (κ3) is 4.32. The number of rotatable bonds is 6.